The summed E-state index contributed by atoms with van der Waals surface area (Å²) < 4.78 is 7.10. The van der Waals surface area contributed by atoms with Crippen molar-refractivity contribution in [2.75, 3.05) is 0 Å². The van der Waals surface area contributed by atoms with Gasteiger partial charge < -0.3 is 14.9 Å². The van der Waals surface area contributed by atoms with Crippen LogP contribution in [0.3, 0.4) is 0 Å². The van der Waals surface area contributed by atoms with Crippen molar-refractivity contribution in [1.82, 2.24) is 4.98 Å². The average molecular weight is 530 g/mol. The number of cyclic esters (lactones) is 1. The number of hydrogen-bond acceptors (Lipinski definition) is 7. The molecule has 6 atom stereocenters. The van der Waals surface area contributed by atoms with Crippen LogP contribution < -0.4 is 0 Å². The maximum absolute atomic E-state index is 13.3. The van der Waals surface area contributed by atoms with E-state index in [1.165, 1.54) is 0 Å². The van der Waals surface area contributed by atoms with Gasteiger partial charge in [-0.3, -0.25) is 9.59 Å². The van der Waals surface area contributed by atoms with Crippen molar-refractivity contribution < 1.29 is 24.5 Å². The average Bonchev–Trinajstić information content (AvgIpc) is 3.20. The quantitative estimate of drug-likeness (QED) is 0.338. The van der Waals surface area contributed by atoms with Gasteiger partial charge in [-0.1, -0.05) is 66.7 Å². The lowest BCUT2D eigenvalue weighted by atomic mass is 9.72. The van der Waals surface area contributed by atoms with Crippen molar-refractivity contribution in [3.8, 4) is 0 Å². The smallest absolute Gasteiger partial charge is 0.309 e. The second kappa shape index (κ2) is 11.3. The number of rotatable bonds is 1. The number of esters is 1. The molecule has 0 fully saturated rings. The standard InChI is InChI=1S/C30H43NO5S/c1-17-10-9-13-29(5,6)18(2)14-23(21-11-12-24-22(15-21)31-20(4)37-24)36-26(33)16-25(32)30(7,8)28(35)19(3)27(17)34/h9-12,15,17-19,23,25,27,32,34H,13-14,16H2,1-8H3/b10-9+/t17-,18?,19+,23-,25-,27-/m0/s1. The van der Waals surface area contributed by atoms with Crippen LogP contribution in [-0.4, -0.2) is 39.2 Å². The SMILES string of the molecule is Cc1nc2cc([C@@H]3CC(C)C(C)(C)C/C=C/[C@H](C)[C@H](O)[C@@H](C)C(=O)C(C)(C)[C@@H](O)CC(=O)O3)ccc2s1. The number of aliphatic hydroxyl groups excluding tert-OH is 2. The number of thiazole rings is 1. The number of aromatic nitrogens is 1. The number of carbonyl (C=O) groups excluding carboxylic acids is 2. The summed E-state index contributed by atoms with van der Waals surface area (Å²) in [6.07, 6.45) is 2.52. The van der Waals surface area contributed by atoms with Crippen molar-refractivity contribution in [1.29, 1.82) is 0 Å². The topological polar surface area (TPSA) is 96.7 Å². The molecule has 1 aliphatic rings. The lowest BCUT2D eigenvalue weighted by Crippen LogP contribution is -2.45. The van der Waals surface area contributed by atoms with Crippen molar-refractivity contribution in [3.63, 3.8) is 0 Å². The summed E-state index contributed by atoms with van der Waals surface area (Å²) in [4.78, 5) is 31.0. The van der Waals surface area contributed by atoms with E-state index in [2.05, 4.69) is 31.8 Å². The molecule has 2 heterocycles. The number of carbonyl (C=O) groups is 2. The molecule has 1 aliphatic heterocycles. The zero-order chi connectivity index (χ0) is 27.7. The van der Waals surface area contributed by atoms with Crippen LogP contribution in [0.5, 0.6) is 0 Å². The highest BCUT2D eigenvalue weighted by molar-refractivity contribution is 7.18. The minimum atomic E-state index is -1.24. The fourth-order valence-electron chi connectivity index (χ4n) is 5.04. The number of Topliss-reactive ketones (excluding diaryl/α,β-unsaturated/α-hetero) is 1. The van der Waals surface area contributed by atoms with E-state index in [-0.39, 0.29) is 29.5 Å². The van der Waals surface area contributed by atoms with Gasteiger partial charge in [0, 0.05) is 11.8 Å². The van der Waals surface area contributed by atoms with Gasteiger partial charge in [0.2, 0.25) is 0 Å². The van der Waals surface area contributed by atoms with Gasteiger partial charge in [-0.15, -0.1) is 11.3 Å². The molecule has 37 heavy (non-hydrogen) atoms. The largest absolute Gasteiger partial charge is 0.457 e. The van der Waals surface area contributed by atoms with Crippen LogP contribution in [0.2, 0.25) is 0 Å². The molecule has 0 spiro atoms. The molecule has 0 bridgehead atoms. The third kappa shape index (κ3) is 6.68. The second-order valence-electron chi connectivity index (χ2n) is 12.1. The van der Waals surface area contributed by atoms with E-state index in [1.807, 2.05) is 38.1 Å². The fraction of sp³-hybridized carbons (Fsp3) is 0.633. The highest BCUT2D eigenvalue weighted by atomic mass is 32.1. The van der Waals surface area contributed by atoms with E-state index in [9.17, 15) is 19.8 Å². The van der Waals surface area contributed by atoms with E-state index < -0.39 is 35.6 Å². The van der Waals surface area contributed by atoms with Crippen LogP contribution in [0, 0.1) is 35.5 Å². The Morgan fingerprint density at radius 2 is 1.76 bits per heavy atom. The molecule has 7 heteroatoms. The van der Waals surface area contributed by atoms with E-state index in [4.69, 9.17) is 4.74 Å². The maximum Gasteiger partial charge on any atom is 0.309 e. The van der Waals surface area contributed by atoms with Gasteiger partial charge in [-0.2, -0.15) is 0 Å². The lowest BCUT2D eigenvalue weighted by molar-refractivity contribution is -0.157. The number of aliphatic hydroxyl groups is 2. The number of ketones is 1. The highest BCUT2D eigenvalue weighted by Crippen LogP contribution is 2.40. The van der Waals surface area contributed by atoms with Crippen LogP contribution in [0.4, 0.5) is 0 Å². The number of hydrogen-bond donors (Lipinski definition) is 2. The highest BCUT2D eigenvalue weighted by Gasteiger charge is 2.42. The summed E-state index contributed by atoms with van der Waals surface area (Å²) in [5.41, 5.74) is 0.432. The summed E-state index contributed by atoms with van der Waals surface area (Å²) in [5.74, 6) is -1.55. The minimum absolute atomic E-state index is 0.104. The predicted molar refractivity (Wildman–Crippen MR) is 148 cm³/mol. The first-order valence-electron chi connectivity index (χ1n) is 13.3. The van der Waals surface area contributed by atoms with Crippen molar-refractivity contribution >= 4 is 33.3 Å². The number of aryl methyl sites for hydroxylation is 1. The first-order valence-corrected chi connectivity index (χ1v) is 14.1. The van der Waals surface area contributed by atoms with Crippen LogP contribution in [0.15, 0.2) is 30.4 Å². The molecule has 1 aromatic carbocycles. The Morgan fingerprint density at radius 3 is 2.43 bits per heavy atom. The Labute approximate surface area is 225 Å². The van der Waals surface area contributed by atoms with Crippen LogP contribution in [0.1, 0.15) is 84.4 Å². The van der Waals surface area contributed by atoms with E-state index in [0.717, 1.165) is 27.2 Å². The molecule has 2 aromatic rings. The Morgan fingerprint density at radius 1 is 1.08 bits per heavy atom. The first-order chi connectivity index (χ1) is 17.1. The van der Waals surface area contributed by atoms with Crippen LogP contribution >= 0.6 is 11.3 Å². The fourth-order valence-corrected chi connectivity index (χ4v) is 5.84. The van der Waals surface area contributed by atoms with Crippen molar-refractivity contribution in [2.45, 2.75) is 93.0 Å². The monoisotopic (exact) mass is 529 g/mol. The molecular formula is C30H43NO5S. The Bertz CT molecular complexity index is 1150. The molecule has 1 aromatic heterocycles. The van der Waals surface area contributed by atoms with Gasteiger partial charge in [-0.05, 0) is 48.8 Å². The number of benzene rings is 1. The molecule has 0 aliphatic carbocycles. The van der Waals surface area contributed by atoms with Crippen LogP contribution in [0.25, 0.3) is 10.2 Å². The Balaban J connectivity index is 1.99. The molecule has 0 saturated heterocycles. The van der Waals surface area contributed by atoms with Gasteiger partial charge >= 0.3 is 5.97 Å². The normalized spacial score (nSPS) is 32.7. The molecule has 0 amide bonds. The Hall–Kier alpha value is -2.09. The summed E-state index contributed by atoms with van der Waals surface area (Å²) in [7, 11) is 0. The summed E-state index contributed by atoms with van der Waals surface area (Å²) in [6.45, 7) is 15.4. The molecule has 204 valence electrons. The number of nitrogens with zero attached hydrogens (tertiary/aromatic N) is 1. The van der Waals surface area contributed by atoms with Crippen LogP contribution in [-0.2, 0) is 14.3 Å². The predicted octanol–water partition coefficient (Wildman–Crippen LogP) is 6.18. The number of fused-ring (bicyclic) bond motifs is 1. The summed E-state index contributed by atoms with van der Waals surface area (Å²) >= 11 is 1.63. The molecule has 2 N–H and O–H groups in total. The van der Waals surface area contributed by atoms with Gasteiger partial charge in [0.05, 0.1) is 39.3 Å². The molecular weight excluding hydrogens is 486 g/mol. The third-order valence-electron chi connectivity index (χ3n) is 8.44. The van der Waals surface area contributed by atoms with E-state index in [0.29, 0.717) is 6.42 Å². The lowest BCUT2D eigenvalue weighted by Gasteiger charge is -2.36. The maximum atomic E-state index is 13.3. The van der Waals surface area contributed by atoms with Gasteiger partial charge in [0.25, 0.3) is 0 Å². The van der Waals surface area contributed by atoms with Crippen molar-refractivity contribution in [2.24, 2.45) is 28.6 Å². The third-order valence-corrected chi connectivity index (χ3v) is 9.39. The molecule has 0 saturated carbocycles. The zero-order valence-electron chi connectivity index (χ0n) is 23.4. The van der Waals surface area contributed by atoms with Gasteiger partial charge in [-0.25, -0.2) is 4.98 Å². The molecule has 1 unspecified atom stereocenters. The Kier molecular flexibility index (Phi) is 9.03. The summed E-state index contributed by atoms with van der Waals surface area (Å²) in [5, 5.41) is 22.8. The molecule has 0 radical (unpaired) electrons. The molecule has 3 rings (SSSR count). The first kappa shape index (κ1) is 29.5. The summed E-state index contributed by atoms with van der Waals surface area (Å²) in [6, 6.07) is 6.00. The zero-order valence-corrected chi connectivity index (χ0v) is 24.3. The van der Waals surface area contributed by atoms with E-state index in [1.54, 1.807) is 32.1 Å². The van der Waals surface area contributed by atoms with E-state index >= 15 is 0 Å². The minimum Gasteiger partial charge on any atom is -0.457 e. The van der Waals surface area contributed by atoms with Gasteiger partial charge in [0.1, 0.15) is 11.9 Å². The number of ether oxygens (including phenoxy) is 1. The molecule has 6 nitrogen and oxygen atoms in total. The second-order valence-corrected chi connectivity index (χ2v) is 13.4. The van der Waals surface area contributed by atoms with Gasteiger partial charge in [0.15, 0.2) is 0 Å². The van der Waals surface area contributed by atoms with Crippen molar-refractivity contribution in [3.05, 3.63) is 40.9 Å². The number of allylic oxidation sites excluding steroid dienone is 1.